The standard InChI is InChI=1S/C11H13N3O2S/c1-16-5-4-13-10(15)7-2-3-9-8(6-7)14-11(12)17-9/h2-3,6H,4-5H2,1H3,(H2,12,14)(H,13,15). The van der Waals surface area contributed by atoms with Crippen LogP contribution >= 0.6 is 11.3 Å². The average molecular weight is 251 g/mol. The lowest BCUT2D eigenvalue weighted by atomic mass is 10.2. The molecule has 2 aromatic rings. The minimum Gasteiger partial charge on any atom is -0.383 e. The largest absolute Gasteiger partial charge is 0.383 e. The number of rotatable bonds is 4. The first-order valence-electron chi connectivity index (χ1n) is 5.14. The van der Waals surface area contributed by atoms with Gasteiger partial charge in [0.15, 0.2) is 5.13 Å². The minimum absolute atomic E-state index is 0.129. The van der Waals surface area contributed by atoms with Crippen LogP contribution in [-0.2, 0) is 4.74 Å². The van der Waals surface area contributed by atoms with Crippen LogP contribution in [0.1, 0.15) is 10.4 Å². The van der Waals surface area contributed by atoms with E-state index in [0.29, 0.717) is 23.8 Å². The third-order valence-electron chi connectivity index (χ3n) is 2.26. The summed E-state index contributed by atoms with van der Waals surface area (Å²) in [6.45, 7) is 0.990. The van der Waals surface area contributed by atoms with Gasteiger partial charge in [-0.1, -0.05) is 11.3 Å². The van der Waals surface area contributed by atoms with Gasteiger partial charge in [-0.15, -0.1) is 0 Å². The zero-order chi connectivity index (χ0) is 12.3. The number of nitrogen functional groups attached to an aromatic ring is 1. The SMILES string of the molecule is COCCNC(=O)c1ccc2sc(N)nc2c1. The van der Waals surface area contributed by atoms with E-state index in [1.165, 1.54) is 11.3 Å². The highest BCUT2D eigenvalue weighted by Crippen LogP contribution is 2.24. The van der Waals surface area contributed by atoms with Gasteiger partial charge in [-0.05, 0) is 18.2 Å². The van der Waals surface area contributed by atoms with E-state index < -0.39 is 0 Å². The molecule has 6 heteroatoms. The highest BCUT2D eigenvalue weighted by molar-refractivity contribution is 7.22. The summed E-state index contributed by atoms with van der Waals surface area (Å²) in [6, 6.07) is 5.36. The second-order valence-corrected chi connectivity index (χ2v) is 4.55. The molecule has 0 fully saturated rings. The monoisotopic (exact) mass is 251 g/mol. The molecule has 2 rings (SSSR count). The highest BCUT2D eigenvalue weighted by atomic mass is 32.1. The van der Waals surface area contributed by atoms with E-state index in [4.69, 9.17) is 10.5 Å². The molecule has 0 bridgehead atoms. The van der Waals surface area contributed by atoms with Crippen LogP contribution in [0.15, 0.2) is 18.2 Å². The summed E-state index contributed by atoms with van der Waals surface area (Å²) >= 11 is 1.41. The van der Waals surface area contributed by atoms with Crippen molar-refractivity contribution >= 4 is 32.6 Å². The Morgan fingerprint density at radius 1 is 1.59 bits per heavy atom. The molecular formula is C11H13N3O2S. The number of fused-ring (bicyclic) bond motifs is 1. The fourth-order valence-electron chi connectivity index (χ4n) is 1.46. The maximum absolute atomic E-state index is 11.7. The molecule has 0 aliphatic rings. The van der Waals surface area contributed by atoms with E-state index in [1.54, 1.807) is 19.2 Å². The summed E-state index contributed by atoms with van der Waals surface area (Å²) in [4.78, 5) is 15.9. The molecule has 0 aliphatic heterocycles. The predicted molar refractivity (Wildman–Crippen MR) is 68.2 cm³/mol. The topological polar surface area (TPSA) is 77.2 Å². The van der Waals surface area contributed by atoms with E-state index in [1.807, 2.05) is 6.07 Å². The van der Waals surface area contributed by atoms with Gasteiger partial charge in [0.2, 0.25) is 0 Å². The average Bonchev–Trinajstić information content (AvgIpc) is 2.68. The van der Waals surface area contributed by atoms with E-state index in [9.17, 15) is 4.79 Å². The second kappa shape index (κ2) is 5.11. The quantitative estimate of drug-likeness (QED) is 0.802. The van der Waals surface area contributed by atoms with Crippen molar-refractivity contribution in [1.82, 2.24) is 10.3 Å². The van der Waals surface area contributed by atoms with Crippen LogP contribution < -0.4 is 11.1 Å². The van der Waals surface area contributed by atoms with Crippen LogP contribution in [0.5, 0.6) is 0 Å². The van der Waals surface area contributed by atoms with Crippen molar-refractivity contribution in [3.05, 3.63) is 23.8 Å². The maximum atomic E-state index is 11.7. The zero-order valence-electron chi connectivity index (χ0n) is 9.40. The van der Waals surface area contributed by atoms with Gasteiger partial charge in [0.25, 0.3) is 5.91 Å². The normalized spacial score (nSPS) is 10.6. The molecule has 0 aliphatic carbocycles. The van der Waals surface area contributed by atoms with Crippen molar-refractivity contribution < 1.29 is 9.53 Å². The van der Waals surface area contributed by atoms with Gasteiger partial charge in [0.1, 0.15) is 0 Å². The summed E-state index contributed by atoms with van der Waals surface area (Å²) in [6.07, 6.45) is 0. The van der Waals surface area contributed by atoms with E-state index in [2.05, 4.69) is 10.3 Å². The molecule has 17 heavy (non-hydrogen) atoms. The number of hydrogen-bond donors (Lipinski definition) is 2. The maximum Gasteiger partial charge on any atom is 0.251 e. The van der Waals surface area contributed by atoms with Crippen molar-refractivity contribution in [3.8, 4) is 0 Å². The molecule has 3 N–H and O–H groups in total. The van der Waals surface area contributed by atoms with Crippen molar-refractivity contribution in [2.24, 2.45) is 0 Å². The van der Waals surface area contributed by atoms with Gasteiger partial charge in [-0.3, -0.25) is 4.79 Å². The number of methoxy groups -OCH3 is 1. The van der Waals surface area contributed by atoms with Crippen LogP contribution in [0.2, 0.25) is 0 Å². The number of anilines is 1. The summed E-state index contributed by atoms with van der Waals surface area (Å²) in [5.41, 5.74) is 6.94. The number of ether oxygens (including phenoxy) is 1. The molecule has 90 valence electrons. The Hall–Kier alpha value is -1.66. The Morgan fingerprint density at radius 2 is 2.41 bits per heavy atom. The number of aromatic nitrogens is 1. The summed E-state index contributed by atoms with van der Waals surface area (Å²) < 4.78 is 5.84. The Morgan fingerprint density at radius 3 is 3.18 bits per heavy atom. The van der Waals surface area contributed by atoms with Gasteiger partial charge in [-0.2, -0.15) is 0 Å². The first kappa shape index (κ1) is 11.8. The van der Waals surface area contributed by atoms with Gasteiger partial charge in [-0.25, -0.2) is 4.98 Å². The lowest BCUT2D eigenvalue weighted by molar-refractivity contribution is 0.0937. The third-order valence-corrected chi connectivity index (χ3v) is 3.12. The number of hydrogen-bond acceptors (Lipinski definition) is 5. The van der Waals surface area contributed by atoms with Crippen LogP contribution in [-0.4, -0.2) is 31.2 Å². The molecular weight excluding hydrogens is 238 g/mol. The first-order valence-corrected chi connectivity index (χ1v) is 5.95. The Labute approximate surface area is 103 Å². The lowest BCUT2D eigenvalue weighted by Gasteiger charge is -2.03. The number of thiazole rings is 1. The van der Waals surface area contributed by atoms with Crippen molar-refractivity contribution in [3.63, 3.8) is 0 Å². The number of carbonyl (C=O) groups excluding carboxylic acids is 1. The minimum atomic E-state index is -0.129. The Balaban J connectivity index is 2.15. The smallest absolute Gasteiger partial charge is 0.251 e. The lowest BCUT2D eigenvalue weighted by Crippen LogP contribution is -2.26. The summed E-state index contributed by atoms with van der Waals surface area (Å²) in [5.74, 6) is -0.129. The molecule has 0 saturated heterocycles. The fraction of sp³-hybridized carbons (Fsp3) is 0.273. The van der Waals surface area contributed by atoms with Crippen LogP contribution in [0.4, 0.5) is 5.13 Å². The van der Waals surface area contributed by atoms with Crippen molar-refractivity contribution in [2.75, 3.05) is 26.0 Å². The number of nitrogens with zero attached hydrogens (tertiary/aromatic N) is 1. The number of amides is 1. The van der Waals surface area contributed by atoms with Crippen molar-refractivity contribution in [2.45, 2.75) is 0 Å². The number of carbonyl (C=O) groups is 1. The summed E-state index contributed by atoms with van der Waals surface area (Å²) in [7, 11) is 1.59. The highest BCUT2D eigenvalue weighted by Gasteiger charge is 2.07. The van der Waals surface area contributed by atoms with Crippen LogP contribution in [0.25, 0.3) is 10.2 Å². The van der Waals surface area contributed by atoms with Crippen LogP contribution in [0.3, 0.4) is 0 Å². The zero-order valence-corrected chi connectivity index (χ0v) is 10.2. The molecule has 0 saturated carbocycles. The number of nitrogens with one attached hydrogen (secondary N) is 1. The Kier molecular flexibility index (Phi) is 3.55. The third kappa shape index (κ3) is 2.72. The van der Waals surface area contributed by atoms with E-state index >= 15 is 0 Å². The van der Waals surface area contributed by atoms with Crippen LogP contribution in [0, 0.1) is 0 Å². The molecule has 1 aromatic heterocycles. The molecule has 1 aromatic carbocycles. The van der Waals surface area contributed by atoms with Gasteiger partial charge in [0, 0.05) is 19.2 Å². The summed E-state index contributed by atoms with van der Waals surface area (Å²) in [5, 5.41) is 3.26. The molecule has 0 radical (unpaired) electrons. The molecule has 1 amide bonds. The second-order valence-electron chi connectivity index (χ2n) is 3.48. The first-order chi connectivity index (χ1) is 8.20. The molecule has 5 nitrogen and oxygen atoms in total. The molecule has 0 unspecified atom stereocenters. The predicted octanol–water partition coefficient (Wildman–Crippen LogP) is 1.25. The fourth-order valence-corrected chi connectivity index (χ4v) is 2.17. The van der Waals surface area contributed by atoms with Gasteiger partial charge >= 0.3 is 0 Å². The number of nitrogens with two attached hydrogens (primary N) is 1. The molecule has 0 spiro atoms. The number of benzene rings is 1. The van der Waals surface area contributed by atoms with Gasteiger partial charge < -0.3 is 15.8 Å². The molecule has 1 heterocycles. The van der Waals surface area contributed by atoms with E-state index in [0.717, 1.165) is 10.2 Å². The van der Waals surface area contributed by atoms with E-state index in [-0.39, 0.29) is 5.91 Å². The van der Waals surface area contributed by atoms with Gasteiger partial charge in [0.05, 0.1) is 16.8 Å². The molecule has 0 atom stereocenters. The Bertz CT molecular complexity index is 538. The van der Waals surface area contributed by atoms with Crippen molar-refractivity contribution in [1.29, 1.82) is 0 Å².